The summed E-state index contributed by atoms with van der Waals surface area (Å²) < 4.78 is 55.8. The third-order valence-corrected chi connectivity index (χ3v) is 5.72. The molecule has 1 N–H and O–H groups in total. The van der Waals surface area contributed by atoms with Crippen LogP contribution in [0.2, 0.25) is 0 Å². The van der Waals surface area contributed by atoms with Crippen molar-refractivity contribution in [3.05, 3.63) is 83.3 Å². The summed E-state index contributed by atoms with van der Waals surface area (Å²) in [5.74, 6) is -1.61. The number of rotatable bonds is 8. The van der Waals surface area contributed by atoms with E-state index in [1.54, 1.807) is 12.1 Å². The maximum absolute atomic E-state index is 13.2. The molecule has 172 valence electrons. The van der Waals surface area contributed by atoms with Crippen LogP contribution < -0.4 is 9.46 Å². The minimum Gasteiger partial charge on any atom is -0.465 e. The second-order valence-corrected chi connectivity index (χ2v) is 8.38. The van der Waals surface area contributed by atoms with Crippen LogP contribution in [0.3, 0.4) is 0 Å². The van der Waals surface area contributed by atoms with Gasteiger partial charge in [0.2, 0.25) is 15.9 Å². The molecule has 0 radical (unpaired) electrons. The number of sulfonamides is 1. The number of benzene rings is 2. The number of halogens is 1. The molecule has 0 amide bonds. The quantitative estimate of drug-likeness (QED) is 0.495. The van der Waals surface area contributed by atoms with Gasteiger partial charge in [-0.05, 0) is 35.9 Å². The van der Waals surface area contributed by atoms with Crippen molar-refractivity contribution in [1.29, 1.82) is 0 Å². The Morgan fingerprint density at radius 3 is 2.18 bits per heavy atom. The Morgan fingerprint density at radius 1 is 0.970 bits per heavy atom. The molecule has 0 spiro atoms. The Bertz CT molecular complexity index is 1240. The number of hydrogen-bond donors (Lipinski definition) is 1. The second-order valence-electron chi connectivity index (χ2n) is 6.62. The average molecular weight is 474 g/mol. The predicted molar refractivity (Wildman–Crippen MR) is 114 cm³/mol. The highest BCUT2D eigenvalue weighted by molar-refractivity contribution is 7.89. The largest absolute Gasteiger partial charge is 0.465 e. The molecule has 11 heteroatoms. The number of carbonyl (C=O) groups is 2. The molecular weight excluding hydrogens is 455 g/mol. The Morgan fingerprint density at radius 2 is 1.64 bits per heavy atom. The maximum Gasteiger partial charge on any atom is 0.337 e. The summed E-state index contributed by atoms with van der Waals surface area (Å²) >= 11 is 0. The Labute approximate surface area is 189 Å². The van der Waals surface area contributed by atoms with Gasteiger partial charge < -0.3 is 14.2 Å². The van der Waals surface area contributed by atoms with Crippen LogP contribution in [-0.2, 0) is 26.0 Å². The summed E-state index contributed by atoms with van der Waals surface area (Å²) in [6.45, 7) is -0.133. The molecular formula is C22H19FN2O7S. The zero-order valence-electron chi connectivity index (χ0n) is 17.6. The van der Waals surface area contributed by atoms with Crippen molar-refractivity contribution in [2.75, 3.05) is 14.2 Å². The monoisotopic (exact) mass is 474 g/mol. The van der Waals surface area contributed by atoms with Crippen molar-refractivity contribution in [1.82, 2.24) is 9.71 Å². The molecule has 0 aliphatic carbocycles. The van der Waals surface area contributed by atoms with Crippen LogP contribution in [0.25, 0.3) is 0 Å². The van der Waals surface area contributed by atoms with Crippen molar-refractivity contribution < 1.29 is 36.6 Å². The van der Waals surface area contributed by atoms with Gasteiger partial charge in [0.05, 0.1) is 30.2 Å². The zero-order valence-corrected chi connectivity index (χ0v) is 18.4. The number of nitrogens with one attached hydrogen (secondary N) is 1. The van der Waals surface area contributed by atoms with Crippen LogP contribution in [0.1, 0.15) is 26.3 Å². The van der Waals surface area contributed by atoms with Crippen molar-refractivity contribution in [2.45, 2.75) is 11.4 Å². The molecule has 1 heterocycles. The molecule has 0 unspecified atom stereocenters. The van der Waals surface area contributed by atoms with E-state index < -0.39 is 27.8 Å². The van der Waals surface area contributed by atoms with Crippen LogP contribution >= 0.6 is 0 Å². The van der Waals surface area contributed by atoms with Crippen molar-refractivity contribution >= 4 is 22.0 Å². The highest BCUT2D eigenvalue weighted by atomic mass is 32.2. The molecule has 0 fully saturated rings. The molecule has 9 nitrogen and oxygen atoms in total. The fraction of sp³-hybridized carbons (Fsp3) is 0.136. The molecule has 0 saturated heterocycles. The summed E-state index contributed by atoms with van der Waals surface area (Å²) in [5.41, 5.74) is 0.255. The number of pyridine rings is 1. The van der Waals surface area contributed by atoms with Gasteiger partial charge in [-0.2, -0.15) is 0 Å². The van der Waals surface area contributed by atoms with E-state index in [1.807, 2.05) is 0 Å². The second kappa shape index (κ2) is 10.2. The lowest BCUT2D eigenvalue weighted by atomic mass is 10.1. The van der Waals surface area contributed by atoms with Crippen LogP contribution in [0.5, 0.6) is 11.6 Å². The molecule has 0 atom stereocenters. The first-order valence-corrected chi connectivity index (χ1v) is 10.9. The van der Waals surface area contributed by atoms with E-state index in [4.69, 9.17) is 4.74 Å². The van der Waals surface area contributed by atoms with E-state index >= 15 is 0 Å². The average Bonchev–Trinajstić information content (AvgIpc) is 2.82. The van der Waals surface area contributed by atoms with Crippen LogP contribution in [-0.4, -0.2) is 39.6 Å². The maximum atomic E-state index is 13.2. The molecule has 3 rings (SSSR count). The number of aromatic nitrogens is 1. The van der Waals surface area contributed by atoms with E-state index in [0.29, 0.717) is 5.56 Å². The first-order valence-electron chi connectivity index (χ1n) is 9.41. The highest BCUT2D eigenvalue weighted by Gasteiger charge is 2.21. The number of esters is 2. The molecule has 33 heavy (non-hydrogen) atoms. The predicted octanol–water partition coefficient (Wildman–Crippen LogP) is 3.06. The highest BCUT2D eigenvalue weighted by Crippen LogP contribution is 2.21. The summed E-state index contributed by atoms with van der Waals surface area (Å²) in [7, 11) is -1.85. The van der Waals surface area contributed by atoms with Gasteiger partial charge in [0, 0.05) is 24.9 Å². The summed E-state index contributed by atoms with van der Waals surface area (Å²) in [4.78, 5) is 27.5. The van der Waals surface area contributed by atoms with Gasteiger partial charge in [-0.1, -0.05) is 12.1 Å². The molecule has 0 saturated carbocycles. The summed E-state index contributed by atoms with van der Waals surface area (Å²) in [6, 6.07) is 12.0. The number of carbonyl (C=O) groups excluding carboxylic acids is 2. The SMILES string of the molecule is COC(=O)c1cc(C(=O)OC)cc(S(=O)(=O)NCc2ccc(Oc3cccc(F)c3)nc2)c1. The third kappa shape index (κ3) is 6.11. The summed E-state index contributed by atoms with van der Waals surface area (Å²) in [5, 5.41) is 0. The standard InChI is InChI=1S/C22H19FN2O7S/c1-30-21(26)15-8-16(22(27)31-2)10-19(9-15)33(28,29)25-13-14-6-7-20(24-12-14)32-18-5-3-4-17(23)11-18/h3-12,25H,13H2,1-2H3. The first kappa shape index (κ1) is 23.8. The molecule has 1 aromatic heterocycles. The minimum atomic E-state index is -4.12. The van der Waals surface area contributed by atoms with Gasteiger partial charge in [-0.25, -0.2) is 32.1 Å². The molecule has 2 aromatic carbocycles. The zero-order chi connectivity index (χ0) is 24.0. The van der Waals surface area contributed by atoms with E-state index in [2.05, 4.69) is 19.2 Å². The third-order valence-electron chi connectivity index (χ3n) is 4.34. The van der Waals surface area contributed by atoms with Gasteiger partial charge >= 0.3 is 11.9 Å². The smallest absolute Gasteiger partial charge is 0.337 e. The van der Waals surface area contributed by atoms with Gasteiger partial charge in [0.1, 0.15) is 11.6 Å². The molecule has 3 aromatic rings. The number of ether oxygens (including phenoxy) is 3. The Kier molecular flexibility index (Phi) is 7.36. The van der Waals surface area contributed by atoms with Crippen molar-refractivity contribution in [2.24, 2.45) is 0 Å². The number of nitrogens with zero attached hydrogens (tertiary/aromatic N) is 1. The lowest BCUT2D eigenvalue weighted by Gasteiger charge is -2.10. The van der Waals surface area contributed by atoms with E-state index in [1.165, 1.54) is 36.5 Å². The molecule has 0 aliphatic rings. The number of hydrogen-bond acceptors (Lipinski definition) is 8. The minimum absolute atomic E-state index is 0.124. The van der Waals surface area contributed by atoms with E-state index in [-0.39, 0.29) is 34.2 Å². The molecule has 0 bridgehead atoms. The van der Waals surface area contributed by atoms with Crippen molar-refractivity contribution in [3.63, 3.8) is 0 Å². The van der Waals surface area contributed by atoms with Gasteiger partial charge in [-0.3, -0.25) is 0 Å². The van der Waals surface area contributed by atoms with Crippen LogP contribution in [0, 0.1) is 5.82 Å². The van der Waals surface area contributed by atoms with Crippen LogP contribution in [0.4, 0.5) is 4.39 Å². The van der Waals surface area contributed by atoms with Crippen LogP contribution in [0.15, 0.2) is 65.7 Å². The normalized spacial score (nSPS) is 11.0. The Balaban J connectivity index is 1.75. The fourth-order valence-electron chi connectivity index (χ4n) is 2.71. The van der Waals surface area contributed by atoms with E-state index in [9.17, 15) is 22.4 Å². The first-order chi connectivity index (χ1) is 15.7. The molecule has 0 aliphatic heterocycles. The van der Waals surface area contributed by atoms with Gasteiger partial charge in [0.25, 0.3) is 0 Å². The fourth-order valence-corrected chi connectivity index (χ4v) is 3.80. The van der Waals surface area contributed by atoms with Crippen molar-refractivity contribution in [3.8, 4) is 11.6 Å². The number of methoxy groups -OCH3 is 2. The lowest BCUT2D eigenvalue weighted by molar-refractivity contribution is 0.0598. The summed E-state index contributed by atoms with van der Waals surface area (Å²) in [6.07, 6.45) is 1.39. The Hall–Kier alpha value is -3.83. The lowest BCUT2D eigenvalue weighted by Crippen LogP contribution is -2.24. The topological polar surface area (TPSA) is 121 Å². The van der Waals surface area contributed by atoms with E-state index in [0.717, 1.165) is 26.4 Å². The van der Waals surface area contributed by atoms with Gasteiger partial charge in [-0.15, -0.1) is 0 Å². The van der Waals surface area contributed by atoms with Gasteiger partial charge in [0.15, 0.2) is 0 Å².